The van der Waals surface area contributed by atoms with E-state index in [1.165, 1.54) is 18.3 Å². The van der Waals surface area contributed by atoms with Gasteiger partial charge in [0.2, 0.25) is 0 Å². The van der Waals surface area contributed by atoms with Gasteiger partial charge in [0.15, 0.2) is 0 Å². The monoisotopic (exact) mass is 434 g/mol. The van der Waals surface area contributed by atoms with E-state index in [1.54, 1.807) is 16.8 Å². The van der Waals surface area contributed by atoms with Crippen LogP contribution in [0.5, 0.6) is 0 Å². The number of rotatable bonds is 6. The maximum Gasteiger partial charge on any atom is 0.271 e. The summed E-state index contributed by atoms with van der Waals surface area (Å²) in [5, 5.41) is 10.0. The van der Waals surface area contributed by atoms with Crippen LogP contribution < -0.4 is 5.56 Å². The van der Waals surface area contributed by atoms with E-state index < -0.39 is 11.6 Å². The summed E-state index contributed by atoms with van der Waals surface area (Å²) in [5.41, 5.74) is 2.58. The predicted octanol–water partition coefficient (Wildman–Crippen LogP) is 2.58. The standard InChI is InChI=1S/C21H21ClF2N4O2/c22-15-1-2-18(25-10-15)12-28-21(30)19-13-26(4-3-20(19)27(28)5-6-29)11-14-7-16(23)9-17(24)8-14/h1-2,7-10,29H,3-6,11-13H2. The molecule has 158 valence electrons. The van der Waals surface area contributed by atoms with E-state index in [-0.39, 0.29) is 18.7 Å². The first-order chi connectivity index (χ1) is 14.4. The van der Waals surface area contributed by atoms with Crippen molar-refractivity contribution in [2.45, 2.75) is 32.6 Å². The van der Waals surface area contributed by atoms with Crippen LogP contribution in [-0.2, 0) is 32.6 Å². The van der Waals surface area contributed by atoms with Crippen molar-refractivity contribution in [1.82, 2.24) is 19.2 Å². The van der Waals surface area contributed by atoms with Gasteiger partial charge in [-0.2, -0.15) is 0 Å². The zero-order valence-electron chi connectivity index (χ0n) is 16.2. The van der Waals surface area contributed by atoms with Crippen LogP contribution >= 0.6 is 11.6 Å². The number of fused-ring (bicyclic) bond motifs is 1. The number of benzene rings is 1. The molecule has 0 fully saturated rings. The van der Waals surface area contributed by atoms with Crippen molar-refractivity contribution < 1.29 is 13.9 Å². The number of aliphatic hydroxyl groups is 1. The van der Waals surface area contributed by atoms with Crippen LogP contribution in [0.4, 0.5) is 8.78 Å². The lowest BCUT2D eigenvalue weighted by Crippen LogP contribution is -2.32. The van der Waals surface area contributed by atoms with E-state index >= 15 is 0 Å². The number of hydrogen-bond donors (Lipinski definition) is 1. The van der Waals surface area contributed by atoms with E-state index in [0.717, 1.165) is 11.8 Å². The average molecular weight is 435 g/mol. The summed E-state index contributed by atoms with van der Waals surface area (Å²) in [6.45, 7) is 1.82. The highest BCUT2D eigenvalue weighted by Crippen LogP contribution is 2.20. The highest BCUT2D eigenvalue weighted by Gasteiger charge is 2.26. The van der Waals surface area contributed by atoms with Gasteiger partial charge in [0.05, 0.1) is 36.0 Å². The average Bonchev–Trinajstić information content (AvgIpc) is 2.95. The topological polar surface area (TPSA) is 63.3 Å². The first-order valence-electron chi connectivity index (χ1n) is 9.64. The molecule has 0 aliphatic carbocycles. The third-order valence-corrected chi connectivity index (χ3v) is 5.45. The van der Waals surface area contributed by atoms with Crippen molar-refractivity contribution in [2.24, 2.45) is 0 Å². The van der Waals surface area contributed by atoms with Gasteiger partial charge in [0.1, 0.15) is 11.6 Å². The van der Waals surface area contributed by atoms with Crippen molar-refractivity contribution in [1.29, 1.82) is 0 Å². The molecule has 0 spiro atoms. The summed E-state index contributed by atoms with van der Waals surface area (Å²) in [7, 11) is 0. The quantitative estimate of drug-likeness (QED) is 0.647. The van der Waals surface area contributed by atoms with Crippen LogP contribution in [0.25, 0.3) is 0 Å². The fourth-order valence-electron chi connectivity index (χ4n) is 3.95. The third-order valence-electron chi connectivity index (χ3n) is 5.23. The first-order valence-corrected chi connectivity index (χ1v) is 10.0. The molecule has 0 atom stereocenters. The third kappa shape index (κ3) is 4.30. The van der Waals surface area contributed by atoms with Crippen molar-refractivity contribution in [3.05, 3.63) is 86.1 Å². The second-order valence-electron chi connectivity index (χ2n) is 7.34. The Morgan fingerprint density at radius 2 is 1.87 bits per heavy atom. The molecule has 0 bridgehead atoms. The van der Waals surface area contributed by atoms with Crippen molar-refractivity contribution >= 4 is 11.6 Å². The van der Waals surface area contributed by atoms with Gasteiger partial charge in [-0.15, -0.1) is 0 Å². The Morgan fingerprint density at radius 3 is 2.53 bits per heavy atom. The molecule has 4 rings (SSSR count). The Kier molecular flexibility index (Phi) is 5.99. The number of halogens is 3. The van der Waals surface area contributed by atoms with Gasteiger partial charge in [-0.1, -0.05) is 11.6 Å². The Bertz CT molecular complexity index is 1090. The van der Waals surface area contributed by atoms with E-state index in [1.807, 2.05) is 9.58 Å². The molecule has 30 heavy (non-hydrogen) atoms. The minimum atomic E-state index is -0.616. The van der Waals surface area contributed by atoms with Crippen molar-refractivity contribution in [2.75, 3.05) is 13.2 Å². The highest BCUT2D eigenvalue weighted by atomic mass is 35.5. The molecule has 9 heteroatoms. The lowest BCUT2D eigenvalue weighted by Gasteiger charge is -2.27. The SMILES string of the molecule is O=c1c2c(n(CCO)n1Cc1ccc(Cl)cn1)CCN(Cc1cc(F)cc(F)c1)C2. The molecule has 6 nitrogen and oxygen atoms in total. The maximum absolute atomic E-state index is 13.5. The van der Waals surface area contributed by atoms with Crippen LogP contribution in [0.2, 0.25) is 5.02 Å². The van der Waals surface area contributed by atoms with Crippen molar-refractivity contribution in [3.8, 4) is 0 Å². The fraction of sp³-hybridized carbons (Fsp3) is 0.333. The molecule has 0 unspecified atom stereocenters. The minimum Gasteiger partial charge on any atom is -0.394 e. The molecule has 3 aromatic rings. The molecule has 0 amide bonds. The zero-order chi connectivity index (χ0) is 21.3. The van der Waals surface area contributed by atoms with Gasteiger partial charge >= 0.3 is 0 Å². The molecule has 0 saturated carbocycles. The zero-order valence-corrected chi connectivity index (χ0v) is 16.9. The maximum atomic E-state index is 13.5. The van der Waals surface area contributed by atoms with Gasteiger partial charge in [-0.25, -0.2) is 13.5 Å². The number of aromatic nitrogens is 3. The van der Waals surface area contributed by atoms with Gasteiger partial charge < -0.3 is 5.11 Å². The first kappa shape index (κ1) is 20.7. The normalized spacial score (nSPS) is 14.1. The molecule has 0 radical (unpaired) electrons. The number of aliphatic hydroxyl groups excluding tert-OH is 1. The van der Waals surface area contributed by atoms with Gasteiger partial charge in [0.25, 0.3) is 5.56 Å². The molecule has 1 aliphatic heterocycles. The second kappa shape index (κ2) is 8.67. The molecule has 1 aromatic carbocycles. The van der Waals surface area contributed by atoms with E-state index in [4.69, 9.17) is 11.6 Å². The molecule has 3 heterocycles. The van der Waals surface area contributed by atoms with Gasteiger partial charge in [-0.3, -0.25) is 19.4 Å². The lowest BCUT2D eigenvalue weighted by molar-refractivity contribution is 0.232. The fourth-order valence-corrected chi connectivity index (χ4v) is 4.06. The molecule has 1 N–H and O–H groups in total. The van der Waals surface area contributed by atoms with E-state index in [9.17, 15) is 18.7 Å². The van der Waals surface area contributed by atoms with E-state index in [0.29, 0.717) is 54.4 Å². The van der Waals surface area contributed by atoms with Gasteiger partial charge in [-0.05, 0) is 29.8 Å². The highest BCUT2D eigenvalue weighted by molar-refractivity contribution is 6.30. The summed E-state index contributed by atoms with van der Waals surface area (Å²) < 4.78 is 30.4. The van der Waals surface area contributed by atoms with Crippen LogP contribution in [0.1, 0.15) is 22.5 Å². The molecular weight excluding hydrogens is 414 g/mol. The van der Waals surface area contributed by atoms with Crippen molar-refractivity contribution in [3.63, 3.8) is 0 Å². The van der Waals surface area contributed by atoms with Crippen LogP contribution in [0.15, 0.2) is 41.3 Å². The number of hydrogen-bond acceptors (Lipinski definition) is 4. The van der Waals surface area contributed by atoms with Crippen LogP contribution in [-0.4, -0.2) is 37.5 Å². The number of nitrogens with zero attached hydrogens (tertiary/aromatic N) is 4. The lowest BCUT2D eigenvalue weighted by atomic mass is 10.1. The Balaban J connectivity index is 1.62. The Labute approximate surface area is 176 Å². The summed E-state index contributed by atoms with van der Waals surface area (Å²) in [6, 6.07) is 6.93. The predicted molar refractivity (Wildman–Crippen MR) is 108 cm³/mol. The summed E-state index contributed by atoms with van der Waals surface area (Å²) in [5.74, 6) is -1.23. The Hall–Kier alpha value is -2.55. The summed E-state index contributed by atoms with van der Waals surface area (Å²) in [6.07, 6.45) is 2.13. The minimum absolute atomic E-state index is 0.0963. The largest absolute Gasteiger partial charge is 0.394 e. The van der Waals surface area contributed by atoms with Crippen LogP contribution in [0, 0.1) is 11.6 Å². The van der Waals surface area contributed by atoms with Crippen LogP contribution in [0.3, 0.4) is 0 Å². The second-order valence-corrected chi connectivity index (χ2v) is 7.78. The van der Waals surface area contributed by atoms with E-state index in [2.05, 4.69) is 4.98 Å². The Morgan fingerprint density at radius 1 is 1.10 bits per heavy atom. The molecule has 0 saturated heterocycles. The smallest absolute Gasteiger partial charge is 0.271 e. The summed E-state index contributed by atoms with van der Waals surface area (Å²) >= 11 is 5.89. The van der Waals surface area contributed by atoms with Gasteiger partial charge in [0, 0.05) is 44.0 Å². The molecular formula is C21H21ClF2N4O2. The number of pyridine rings is 1. The molecule has 1 aliphatic rings. The molecule has 2 aromatic heterocycles. The summed E-state index contributed by atoms with van der Waals surface area (Å²) in [4.78, 5) is 19.4.